The molecule has 0 N–H and O–H groups in total. The van der Waals surface area contributed by atoms with Gasteiger partial charge in [0.05, 0.1) is 0 Å². The van der Waals surface area contributed by atoms with E-state index < -0.39 is 0 Å². The Morgan fingerprint density at radius 2 is 0.833 bits per heavy atom. The van der Waals surface area contributed by atoms with Crippen LogP contribution in [0.15, 0.2) is 48.5 Å². The lowest BCUT2D eigenvalue weighted by molar-refractivity contribution is 1.81. The van der Waals surface area contributed by atoms with Gasteiger partial charge in [-0.15, -0.1) is 0 Å². The van der Waals surface area contributed by atoms with Crippen LogP contribution in [0.5, 0.6) is 0 Å². The van der Waals surface area contributed by atoms with Crippen LogP contribution in [-0.4, -0.2) is 0 Å². The van der Waals surface area contributed by atoms with Crippen molar-refractivity contribution < 1.29 is 0 Å². The Balaban J connectivity index is 2.70. The van der Waals surface area contributed by atoms with Gasteiger partial charge >= 0.3 is 0 Å². The fourth-order valence-electron chi connectivity index (χ4n) is 2.32. The SMILES string of the molecule is P=Pc1c2ccccc2c(P=P)c2ccccc12. The number of fused-ring (bicyclic) bond motifs is 2. The van der Waals surface area contributed by atoms with E-state index in [0.717, 1.165) is 15.7 Å². The second-order valence-corrected chi connectivity index (χ2v) is 6.70. The van der Waals surface area contributed by atoms with Gasteiger partial charge in [0.15, 0.2) is 0 Å². The molecule has 0 aliphatic carbocycles. The molecule has 0 aliphatic rings. The minimum atomic E-state index is 1.13. The van der Waals surface area contributed by atoms with Gasteiger partial charge in [-0.1, -0.05) is 65.6 Å². The van der Waals surface area contributed by atoms with Crippen molar-refractivity contribution in [1.82, 2.24) is 0 Å². The molecule has 3 aromatic carbocycles. The summed E-state index contributed by atoms with van der Waals surface area (Å²) in [6.07, 6.45) is 0. The smallest absolute Gasteiger partial charge is 0.0215 e. The summed E-state index contributed by atoms with van der Waals surface area (Å²) >= 11 is 0. The summed E-state index contributed by atoms with van der Waals surface area (Å²) in [4.78, 5) is 0. The zero-order valence-corrected chi connectivity index (χ0v) is 13.3. The maximum Gasteiger partial charge on any atom is 0.0215 e. The zero-order valence-electron chi connectivity index (χ0n) is 9.51. The second kappa shape index (κ2) is 5.17. The highest BCUT2D eigenvalue weighted by atomic mass is 31.7. The van der Waals surface area contributed by atoms with Crippen molar-refractivity contribution >= 4 is 64.9 Å². The lowest BCUT2D eigenvalue weighted by atomic mass is 10.0. The molecule has 0 saturated heterocycles. The highest BCUT2D eigenvalue weighted by molar-refractivity contribution is 7.80. The summed E-state index contributed by atoms with van der Waals surface area (Å²) in [5.74, 6) is 0. The highest BCUT2D eigenvalue weighted by Crippen LogP contribution is 2.27. The van der Waals surface area contributed by atoms with E-state index in [1.54, 1.807) is 0 Å². The third-order valence-corrected chi connectivity index (χ3v) is 5.85. The molecule has 0 aromatic heterocycles. The molecule has 3 rings (SSSR count). The average molecular weight is 302 g/mol. The maximum atomic E-state index is 3.66. The van der Waals surface area contributed by atoms with Gasteiger partial charge in [0, 0.05) is 10.6 Å². The van der Waals surface area contributed by atoms with Crippen LogP contribution in [-0.2, 0) is 0 Å². The van der Waals surface area contributed by atoms with Gasteiger partial charge in [-0.2, -0.15) is 0 Å². The standard InChI is InChI=1S/C14H10P4/c15-17-13-9-5-1-2-6-10(9)14(18-16)12-8-4-3-7-11(12)13/h1-8,15-16H. The Morgan fingerprint density at radius 3 is 1.06 bits per heavy atom. The monoisotopic (exact) mass is 302 g/mol. The molecule has 0 amide bonds. The molecule has 4 heteroatoms. The van der Waals surface area contributed by atoms with Crippen molar-refractivity contribution in [3.63, 3.8) is 0 Å². The minimum absolute atomic E-state index is 1.13. The van der Waals surface area contributed by atoms with E-state index in [0.29, 0.717) is 0 Å². The van der Waals surface area contributed by atoms with Gasteiger partial charge in [0.2, 0.25) is 0 Å². The lowest BCUT2D eigenvalue weighted by Gasteiger charge is -2.11. The van der Waals surface area contributed by atoms with Crippen LogP contribution in [0.2, 0.25) is 0 Å². The maximum absolute atomic E-state index is 3.66. The Kier molecular flexibility index (Phi) is 3.56. The molecule has 0 aliphatic heterocycles. The van der Waals surface area contributed by atoms with E-state index >= 15 is 0 Å². The van der Waals surface area contributed by atoms with E-state index in [1.807, 2.05) is 0 Å². The molecule has 0 fully saturated rings. The van der Waals surface area contributed by atoms with Gasteiger partial charge in [0.1, 0.15) is 0 Å². The molecule has 86 valence electrons. The Labute approximate surface area is 113 Å². The van der Waals surface area contributed by atoms with Crippen LogP contribution in [0.25, 0.3) is 21.5 Å². The van der Waals surface area contributed by atoms with Crippen LogP contribution >= 0.6 is 32.8 Å². The number of hydrogen-bond donors (Lipinski definition) is 0. The molecular formula is C14H10P4. The molecule has 0 heterocycles. The molecule has 0 radical (unpaired) electrons. The van der Waals surface area contributed by atoms with Crippen molar-refractivity contribution in [1.29, 1.82) is 0 Å². The van der Waals surface area contributed by atoms with E-state index in [2.05, 4.69) is 65.6 Å². The van der Waals surface area contributed by atoms with E-state index in [1.165, 1.54) is 32.2 Å². The van der Waals surface area contributed by atoms with Crippen LogP contribution in [0.1, 0.15) is 0 Å². The molecule has 0 saturated carbocycles. The van der Waals surface area contributed by atoms with E-state index in [9.17, 15) is 0 Å². The summed E-state index contributed by atoms with van der Waals surface area (Å²) in [6.45, 7) is 0. The van der Waals surface area contributed by atoms with Gasteiger partial charge in [-0.05, 0) is 37.3 Å². The van der Waals surface area contributed by atoms with E-state index in [4.69, 9.17) is 0 Å². The molecule has 0 spiro atoms. The Bertz CT molecular complexity index is 654. The molecule has 18 heavy (non-hydrogen) atoms. The van der Waals surface area contributed by atoms with Crippen molar-refractivity contribution in [3.8, 4) is 0 Å². The van der Waals surface area contributed by atoms with Gasteiger partial charge in [-0.3, -0.25) is 0 Å². The number of rotatable bonds is 2. The molecule has 3 aromatic rings. The first-order valence-corrected chi connectivity index (χ1v) is 10.0. The fourth-order valence-corrected chi connectivity index (χ4v) is 5.03. The van der Waals surface area contributed by atoms with Crippen molar-refractivity contribution in [2.75, 3.05) is 0 Å². The number of hydrogen-bond acceptors (Lipinski definition) is 0. The zero-order chi connectivity index (χ0) is 12.5. The first-order valence-electron chi connectivity index (χ1n) is 5.55. The topological polar surface area (TPSA) is 0 Å². The van der Waals surface area contributed by atoms with Crippen LogP contribution < -0.4 is 10.6 Å². The molecule has 0 nitrogen and oxygen atoms in total. The first kappa shape index (κ1) is 12.4. The van der Waals surface area contributed by atoms with Crippen molar-refractivity contribution in [2.24, 2.45) is 0 Å². The largest absolute Gasteiger partial charge is 0.0883 e. The van der Waals surface area contributed by atoms with Gasteiger partial charge in [0.25, 0.3) is 0 Å². The molecular weight excluding hydrogens is 292 g/mol. The van der Waals surface area contributed by atoms with Gasteiger partial charge < -0.3 is 0 Å². The summed E-state index contributed by atoms with van der Waals surface area (Å²) in [5, 5.41) is 8.00. The fraction of sp³-hybridized carbons (Fsp3) is 0. The number of benzene rings is 3. The first-order chi connectivity index (χ1) is 8.86. The molecule has 0 unspecified atom stereocenters. The summed E-state index contributed by atoms with van der Waals surface area (Å²) < 4.78 is 0. The summed E-state index contributed by atoms with van der Waals surface area (Å²) in [5.41, 5.74) is 0. The third kappa shape index (κ3) is 1.86. The predicted octanol–water partition coefficient (Wildman–Crippen LogP) is 5.25. The minimum Gasteiger partial charge on any atom is -0.0883 e. The third-order valence-electron chi connectivity index (χ3n) is 3.10. The van der Waals surface area contributed by atoms with Crippen molar-refractivity contribution in [3.05, 3.63) is 48.5 Å². The van der Waals surface area contributed by atoms with Crippen LogP contribution in [0.3, 0.4) is 0 Å². The van der Waals surface area contributed by atoms with Gasteiger partial charge in [-0.25, -0.2) is 0 Å². The summed E-state index contributed by atoms with van der Waals surface area (Å²) in [7, 11) is 9.57. The quantitative estimate of drug-likeness (QED) is 0.448. The van der Waals surface area contributed by atoms with Crippen LogP contribution in [0, 0.1) is 0 Å². The second-order valence-electron chi connectivity index (χ2n) is 4.01. The Hall–Kier alpha value is -0.620. The lowest BCUT2D eigenvalue weighted by Crippen LogP contribution is -2.06. The van der Waals surface area contributed by atoms with Crippen LogP contribution in [0.4, 0.5) is 0 Å². The molecule has 0 bridgehead atoms. The predicted molar refractivity (Wildman–Crippen MR) is 91.2 cm³/mol. The average Bonchev–Trinajstić information content (AvgIpc) is 2.44. The normalized spacial score (nSPS) is 11.6. The highest BCUT2D eigenvalue weighted by Gasteiger charge is 2.10. The summed E-state index contributed by atoms with van der Waals surface area (Å²) in [6, 6.07) is 17.2. The van der Waals surface area contributed by atoms with Crippen molar-refractivity contribution in [2.45, 2.75) is 0 Å². The molecule has 0 atom stereocenters. The van der Waals surface area contributed by atoms with E-state index in [-0.39, 0.29) is 0 Å². The Morgan fingerprint density at radius 1 is 0.556 bits per heavy atom.